The molecule has 0 fully saturated rings. The second-order valence-corrected chi connectivity index (χ2v) is 6.55. The minimum atomic E-state index is -0.567. The number of nitrogens with one attached hydrogen (secondary N) is 1. The molecule has 3 rings (SSSR count). The van der Waals surface area contributed by atoms with Crippen LogP contribution >= 0.6 is 0 Å². The lowest BCUT2D eigenvalue weighted by Gasteiger charge is -2.12. The van der Waals surface area contributed by atoms with E-state index in [1.165, 1.54) is 11.1 Å². The zero-order valence-electron chi connectivity index (χ0n) is 15.1. The number of esters is 1. The molecule has 5 heteroatoms. The van der Waals surface area contributed by atoms with Gasteiger partial charge in [0.2, 0.25) is 0 Å². The van der Waals surface area contributed by atoms with Crippen molar-refractivity contribution in [2.45, 2.75) is 33.1 Å². The Kier molecular flexibility index (Phi) is 5.56. The van der Waals surface area contributed by atoms with E-state index in [4.69, 9.17) is 9.47 Å². The number of carbonyl (C=O) groups is 2. The first-order valence-corrected chi connectivity index (χ1v) is 8.79. The molecule has 1 aliphatic rings. The first-order valence-electron chi connectivity index (χ1n) is 8.79. The molecule has 0 bridgehead atoms. The van der Waals surface area contributed by atoms with E-state index in [2.05, 4.69) is 5.32 Å². The van der Waals surface area contributed by atoms with Crippen LogP contribution in [-0.2, 0) is 27.2 Å². The Hall–Kier alpha value is -2.82. The van der Waals surface area contributed by atoms with Crippen LogP contribution in [-0.4, -0.2) is 25.1 Å². The summed E-state index contributed by atoms with van der Waals surface area (Å²) in [5, 5.41) is 2.78. The number of amides is 1. The van der Waals surface area contributed by atoms with Crippen molar-refractivity contribution in [1.82, 2.24) is 0 Å². The van der Waals surface area contributed by atoms with E-state index in [0.29, 0.717) is 5.75 Å². The third-order valence-corrected chi connectivity index (χ3v) is 4.54. The number of hydrogen-bond donors (Lipinski definition) is 1. The number of fused-ring (bicyclic) bond motifs is 1. The molecule has 2 aromatic carbocycles. The number of carbonyl (C=O) groups excluding carboxylic acids is 2. The summed E-state index contributed by atoms with van der Waals surface area (Å²) >= 11 is 0. The lowest BCUT2D eigenvalue weighted by Crippen LogP contribution is -2.24. The van der Waals surface area contributed by atoms with Crippen molar-refractivity contribution < 1.29 is 19.1 Å². The lowest BCUT2D eigenvalue weighted by molar-refractivity contribution is -0.149. The molecule has 1 aliphatic carbocycles. The average Bonchev–Trinajstić information content (AvgIpc) is 3.09. The molecule has 2 aromatic rings. The van der Waals surface area contributed by atoms with Crippen molar-refractivity contribution in [2.24, 2.45) is 0 Å². The topological polar surface area (TPSA) is 64.6 Å². The molecule has 0 aromatic heterocycles. The molecule has 0 aliphatic heterocycles. The molecule has 0 saturated heterocycles. The number of anilines is 1. The molecular formula is C21H23NO4. The smallest absolute Gasteiger partial charge is 0.344 e. The molecule has 0 saturated carbocycles. The number of rotatable bonds is 6. The van der Waals surface area contributed by atoms with Gasteiger partial charge in [0.25, 0.3) is 5.91 Å². The van der Waals surface area contributed by atoms with E-state index in [0.717, 1.165) is 36.1 Å². The van der Waals surface area contributed by atoms with Crippen molar-refractivity contribution in [3.63, 3.8) is 0 Å². The fourth-order valence-corrected chi connectivity index (χ4v) is 3.16. The van der Waals surface area contributed by atoms with Gasteiger partial charge in [-0.3, -0.25) is 4.79 Å². The minimum Gasteiger partial charge on any atom is -0.482 e. The molecule has 0 heterocycles. The largest absolute Gasteiger partial charge is 0.482 e. The molecule has 5 nitrogen and oxygen atoms in total. The number of para-hydroxylation sites is 1. The molecule has 0 unspecified atom stereocenters. The zero-order valence-corrected chi connectivity index (χ0v) is 15.1. The Balaban J connectivity index is 1.44. The third-order valence-electron chi connectivity index (χ3n) is 4.54. The number of ether oxygens (including phenoxy) is 2. The third kappa shape index (κ3) is 4.42. The van der Waals surface area contributed by atoms with Crippen LogP contribution in [0, 0.1) is 13.8 Å². The Bertz CT molecular complexity index is 809. The molecule has 1 amide bonds. The summed E-state index contributed by atoms with van der Waals surface area (Å²) < 4.78 is 10.5. The van der Waals surface area contributed by atoms with Crippen LogP contribution in [0.1, 0.15) is 28.7 Å². The van der Waals surface area contributed by atoms with Crippen molar-refractivity contribution >= 4 is 17.6 Å². The summed E-state index contributed by atoms with van der Waals surface area (Å²) in [7, 11) is 0. The number of benzene rings is 2. The summed E-state index contributed by atoms with van der Waals surface area (Å²) in [6, 6.07) is 11.6. The Labute approximate surface area is 153 Å². The predicted octanol–water partition coefficient (Wildman–Crippen LogP) is 3.35. The quantitative estimate of drug-likeness (QED) is 0.809. The fraction of sp³-hybridized carbons (Fsp3) is 0.333. The van der Waals surface area contributed by atoms with Gasteiger partial charge in [-0.25, -0.2) is 4.79 Å². The number of aryl methyl sites for hydroxylation is 4. The van der Waals surface area contributed by atoms with Crippen LogP contribution in [0.2, 0.25) is 0 Å². The maximum absolute atomic E-state index is 12.0. The molecule has 136 valence electrons. The van der Waals surface area contributed by atoms with E-state index < -0.39 is 5.97 Å². The predicted molar refractivity (Wildman–Crippen MR) is 99.5 cm³/mol. The van der Waals surface area contributed by atoms with Gasteiger partial charge in [0, 0.05) is 5.69 Å². The first kappa shape index (κ1) is 18.0. The van der Waals surface area contributed by atoms with Gasteiger partial charge in [-0.1, -0.05) is 24.3 Å². The normalized spacial score (nSPS) is 12.4. The lowest BCUT2D eigenvalue weighted by atomic mass is 10.1. The second kappa shape index (κ2) is 8.04. The summed E-state index contributed by atoms with van der Waals surface area (Å²) in [5.41, 5.74) is 5.31. The van der Waals surface area contributed by atoms with Gasteiger partial charge in [-0.2, -0.15) is 0 Å². The molecule has 0 radical (unpaired) electrons. The van der Waals surface area contributed by atoms with Gasteiger partial charge in [0.05, 0.1) is 0 Å². The molecule has 1 N–H and O–H groups in total. The van der Waals surface area contributed by atoms with Crippen LogP contribution in [0.25, 0.3) is 0 Å². The van der Waals surface area contributed by atoms with E-state index >= 15 is 0 Å². The Morgan fingerprint density at radius 2 is 1.73 bits per heavy atom. The van der Waals surface area contributed by atoms with Gasteiger partial charge in [0.1, 0.15) is 5.75 Å². The molecule has 0 atom stereocenters. The first-order chi connectivity index (χ1) is 12.5. The van der Waals surface area contributed by atoms with Crippen molar-refractivity contribution in [1.29, 1.82) is 0 Å². The van der Waals surface area contributed by atoms with Gasteiger partial charge in [-0.05, 0) is 67.5 Å². The van der Waals surface area contributed by atoms with Crippen molar-refractivity contribution in [3.8, 4) is 5.75 Å². The zero-order chi connectivity index (χ0) is 18.5. The van der Waals surface area contributed by atoms with Crippen LogP contribution in [0.4, 0.5) is 5.69 Å². The highest BCUT2D eigenvalue weighted by atomic mass is 16.6. The Morgan fingerprint density at radius 3 is 2.50 bits per heavy atom. The van der Waals surface area contributed by atoms with E-state index in [-0.39, 0.29) is 19.1 Å². The number of hydrogen-bond acceptors (Lipinski definition) is 4. The van der Waals surface area contributed by atoms with Crippen LogP contribution in [0.3, 0.4) is 0 Å². The summed E-state index contributed by atoms with van der Waals surface area (Å²) in [6.45, 7) is 3.29. The van der Waals surface area contributed by atoms with Crippen LogP contribution in [0.5, 0.6) is 5.75 Å². The standard InChI is InChI=1S/C21H23NO4/c1-14-5-3-6-15(2)21(14)22-19(23)12-26-20(24)13-25-18-10-9-16-7-4-8-17(16)11-18/h3,5-6,9-11H,4,7-8,12-13H2,1-2H3,(H,22,23). The molecular weight excluding hydrogens is 330 g/mol. The maximum Gasteiger partial charge on any atom is 0.344 e. The van der Waals surface area contributed by atoms with Crippen LogP contribution < -0.4 is 10.1 Å². The van der Waals surface area contributed by atoms with Gasteiger partial charge in [0.15, 0.2) is 13.2 Å². The molecule has 26 heavy (non-hydrogen) atoms. The Morgan fingerprint density at radius 1 is 1.00 bits per heavy atom. The van der Waals surface area contributed by atoms with E-state index in [9.17, 15) is 9.59 Å². The highest BCUT2D eigenvalue weighted by Crippen LogP contribution is 2.26. The summed E-state index contributed by atoms with van der Waals surface area (Å²) in [4.78, 5) is 23.8. The van der Waals surface area contributed by atoms with Gasteiger partial charge in [-0.15, -0.1) is 0 Å². The second-order valence-electron chi connectivity index (χ2n) is 6.55. The van der Waals surface area contributed by atoms with Gasteiger partial charge < -0.3 is 14.8 Å². The minimum absolute atomic E-state index is 0.213. The summed E-state index contributed by atoms with van der Waals surface area (Å²) in [6.07, 6.45) is 3.32. The average molecular weight is 353 g/mol. The van der Waals surface area contributed by atoms with Crippen molar-refractivity contribution in [2.75, 3.05) is 18.5 Å². The monoisotopic (exact) mass is 353 g/mol. The highest BCUT2D eigenvalue weighted by Gasteiger charge is 2.13. The summed E-state index contributed by atoms with van der Waals surface area (Å²) in [5.74, 6) is -0.280. The molecule has 0 spiro atoms. The van der Waals surface area contributed by atoms with Gasteiger partial charge >= 0.3 is 5.97 Å². The van der Waals surface area contributed by atoms with E-state index in [1.54, 1.807) is 0 Å². The maximum atomic E-state index is 12.0. The highest BCUT2D eigenvalue weighted by molar-refractivity contribution is 5.94. The SMILES string of the molecule is Cc1cccc(C)c1NC(=O)COC(=O)COc1ccc2c(c1)CCC2. The van der Waals surface area contributed by atoms with Crippen molar-refractivity contribution in [3.05, 3.63) is 58.7 Å². The van der Waals surface area contributed by atoms with Crippen LogP contribution in [0.15, 0.2) is 36.4 Å². The van der Waals surface area contributed by atoms with E-state index in [1.807, 2.05) is 50.2 Å². The fourth-order valence-electron chi connectivity index (χ4n) is 3.16.